The number of halogens is 2. The number of hydrazine groups is 1. The van der Waals surface area contributed by atoms with Gasteiger partial charge in [0.05, 0.1) is 29.0 Å². The number of rotatable bonds is 9. The Morgan fingerprint density at radius 2 is 1.94 bits per heavy atom. The van der Waals surface area contributed by atoms with Crippen LogP contribution in [0.1, 0.15) is 33.7 Å². The van der Waals surface area contributed by atoms with E-state index in [2.05, 4.69) is 19.5 Å². The highest BCUT2D eigenvalue weighted by atomic mass is 32.2. The molecule has 2 aliphatic rings. The van der Waals surface area contributed by atoms with Gasteiger partial charge in [0, 0.05) is 51.6 Å². The Hall–Kier alpha value is -2.96. The van der Waals surface area contributed by atoms with Gasteiger partial charge in [0.1, 0.15) is 5.69 Å². The number of benzene rings is 1. The molecule has 1 saturated carbocycles. The van der Waals surface area contributed by atoms with Gasteiger partial charge >= 0.3 is 0 Å². The van der Waals surface area contributed by atoms with Gasteiger partial charge in [0.15, 0.2) is 11.6 Å². The van der Waals surface area contributed by atoms with E-state index in [-0.39, 0.29) is 18.8 Å². The van der Waals surface area contributed by atoms with E-state index in [1.807, 2.05) is 6.07 Å². The number of nitrogens with zero attached hydrogens (tertiary/aromatic N) is 4. The van der Waals surface area contributed by atoms with E-state index in [0.717, 1.165) is 50.0 Å². The Morgan fingerprint density at radius 3 is 2.58 bits per heavy atom. The number of nitrogens with one attached hydrogen (secondary N) is 1. The maximum absolute atomic E-state index is 15.1. The van der Waals surface area contributed by atoms with E-state index in [0.29, 0.717) is 10.6 Å². The summed E-state index contributed by atoms with van der Waals surface area (Å²) in [6, 6.07) is 4.56. The Balaban J connectivity index is 0.00000380. The second kappa shape index (κ2) is 10.6. The molecular weight excluding hydrogens is 488 g/mol. The molecule has 0 atom stereocenters. The largest absolute Gasteiger partial charge is 0.397 e. The van der Waals surface area contributed by atoms with Crippen LogP contribution in [0, 0.1) is 17.6 Å². The van der Waals surface area contributed by atoms with Crippen molar-refractivity contribution in [1.82, 2.24) is 9.88 Å². The number of pyridine rings is 1. The van der Waals surface area contributed by atoms with E-state index < -0.39 is 33.0 Å². The van der Waals surface area contributed by atoms with Crippen LogP contribution in [0.25, 0.3) is 5.70 Å². The van der Waals surface area contributed by atoms with Crippen molar-refractivity contribution in [3.8, 4) is 0 Å². The van der Waals surface area contributed by atoms with Crippen LogP contribution in [0.4, 0.5) is 25.8 Å². The fourth-order valence-electron chi connectivity index (χ4n) is 4.34. The SMILES string of the molecule is CC(C)CS(=O)(=O)Nc1ccc(F)c(N(N)/C=C(\N)c2cncc(N3CCN(C4CC4)CC3)c2)c1F.[HH]. The van der Waals surface area contributed by atoms with Crippen LogP contribution in [0.5, 0.6) is 0 Å². The Bertz CT molecular complexity index is 1230. The Morgan fingerprint density at radius 1 is 1.25 bits per heavy atom. The fraction of sp³-hybridized carbons (Fsp3) is 0.458. The van der Waals surface area contributed by atoms with Crippen LogP contribution >= 0.6 is 0 Å². The quantitative estimate of drug-likeness (QED) is 0.339. The average molecular weight is 524 g/mol. The zero-order valence-electron chi connectivity index (χ0n) is 20.5. The highest BCUT2D eigenvalue weighted by Gasteiger charge is 2.31. The van der Waals surface area contributed by atoms with Gasteiger partial charge in [-0.25, -0.2) is 23.0 Å². The lowest BCUT2D eigenvalue weighted by Gasteiger charge is -2.36. The third kappa shape index (κ3) is 6.23. The molecule has 0 radical (unpaired) electrons. The predicted molar refractivity (Wildman–Crippen MR) is 141 cm³/mol. The van der Waals surface area contributed by atoms with Crippen LogP contribution in [-0.4, -0.2) is 56.3 Å². The van der Waals surface area contributed by atoms with Crippen molar-refractivity contribution < 1.29 is 18.6 Å². The maximum Gasteiger partial charge on any atom is 0.233 e. The van der Waals surface area contributed by atoms with Crippen LogP contribution in [0.2, 0.25) is 0 Å². The van der Waals surface area contributed by atoms with E-state index >= 15 is 4.39 Å². The van der Waals surface area contributed by atoms with E-state index in [1.54, 1.807) is 26.2 Å². The van der Waals surface area contributed by atoms with Gasteiger partial charge in [-0.1, -0.05) is 13.8 Å². The maximum atomic E-state index is 15.1. The molecule has 1 saturated heterocycles. The molecule has 1 aromatic carbocycles. The van der Waals surface area contributed by atoms with Gasteiger partial charge in [0.25, 0.3) is 0 Å². The number of hydrogen-bond donors (Lipinski definition) is 3. The molecule has 198 valence electrons. The Kier molecular flexibility index (Phi) is 7.67. The first-order valence-corrected chi connectivity index (χ1v) is 13.6. The number of sulfonamides is 1. The first-order chi connectivity index (χ1) is 17.0. The summed E-state index contributed by atoms with van der Waals surface area (Å²) in [7, 11) is -3.83. The first-order valence-electron chi connectivity index (χ1n) is 12.0. The standard InChI is InChI=1S/C24H33F2N7O2S.H2/c1-16(2)15-36(34,35)30-22-6-5-20(25)24(23(22)26)33(28)14-21(27)17-11-19(13-29-12-17)32-9-7-31(8-10-32)18-3-4-18;/h5-6,11-14,16,18,30H,3-4,7-10,15,27-28H2,1-2H3;1H/b21-14-;. The summed E-state index contributed by atoms with van der Waals surface area (Å²) in [5.74, 6) is 3.47. The molecule has 36 heavy (non-hydrogen) atoms. The molecule has 0 amide bonds. The van der Waals surface area contributed by atoms with Crippen molar-refractivity contribution in [2.75, 3.05) is 46.6 Å². The molecule has 1 aliphatic carbocycles. The van der Waals surface area contributed by atoms with Crippen LogP contribution in [-0.2, 0) is 10.0 Å². The summed E-state index contributed by atoms with van der Waals surface area (Å²) in [5, 5.41) is 0.710. The zero-order valence-corrected chi connectivity index (χ0v) is 21.3. The minimum Gasteiger partial charge on any atom is -0.397 e. The van der Waals surface area contributed by atoms with Crippen molar-refractivity contribution in [3.63, 3.8) is 0 Å². The van der Waals surface area contributed by atoms with Crippen LogP contribution in [0.15, 0.2) is 36.8 Å². The summed E-state index contributed by atoms with van der Waals surface area (Å²) in [6.07, 6.45) is 7.05. The molecule has 9 nitrogen and oxygen atoms in total. The highest BCUT2D eigenvalue weighted by molar-refractivity contribution is 7.92. The van der Waals surface area contributed by atoms with E-state index in [1.165, 1.54) is 19.0 Å². The third-order valence-corrected chi connectivity index (χ3v) is 7.86. The van der Waals surface area contributed by atoms with Crippen molar-refractivity contribution in [2.45, 2.75) is 32.7 Å². The number of anilines is 3. The molecule has 1 aromatic heterocycles. The molecule has 1 aliphatic heterocycles. The summed E-state index contributed by atoms with van der Waals surface area (Å²) in [4.78, 5) is 9.02. The van der Waals surface area contributed by atoms with Gasteiger partial charge in [-0.3, -0.25) is 19.6 Å². The molecule has 0 spiro atoms. The first kappa shape index (κ1) is 26.1. The van der Waals surface area contributed by atoms with E-state index in [9.17, 15) is 12.8 Å². The van der Waals surface area contributed by atoms with Crippen molar-refractivity contribution in [3.05, 3.63) is 54.0 Å². The fourth-order valence-corrected chi connectivity index (χ4v) is 5.79. The molecule has 2 aromatic rings. The van der Waals surface area contributed by atoms with Crippen LogP contribution in [0.3, 0.4) is 0 Å². The monoisotopic (exact) mass is 523 g/mol. The molecule has 0 bridgehead atoms. The molecule has 12 heteroatoms. The van der Waals surface area contributed by atoms with Gasteiger partial charge in [-0.2, -0.15) is 0 Å². The summed E-state index contributed by atoms with van der Waals surface area (Å²) in [5.41, 5.74) is 6.77. The minimum absolute atomic E-state index is 0. The zero-order chi connectivity index (χ0) is 26.0. The topological polar surface area (TPSA) is 121 Å². The number of aromatic nitrogens is 1. The lowest BCUT2D eigenvalue weighted by molar-refractivity contribution is 0.248. The number of hydrogen-bond acceptors (Lipinski definition) is 8. The summed E-state index contributed by atoms with van der Waals surface area (Å²) in [6.45, 7) is 7.19. The molecule has 2 fully saturated rings. The van der Waals surface area contributed by atoms with Gasteiger partial charge < -0.3 is 10.6 Å². The molecule has 0 unspecified atom stereocenters. The van der Waals surface area contributed by atoms with Gasteiger partial charge in [0.2, 0.25) is 10.0 Å². The van der Waals surface area contributed by atoms with E-state index in [4.69, 9.17) is 11.6 Å². The van der Waals surface area contributed by atoms with Gasteiger partial charge in [-0.15, -0.1) is 0 Å². The minimum atomic E-state index is -3.83. The lowest BCUT2D eigenvalue weighted by atomic mass is 10.2. The number of piperazine rings is 1. The Labute approximate surface area is 212 Å². The predicted octanol–water partition coefficient (Wildman–Crippen LogP) is 2.93. The second-order valence-corrected chi connectivity index (χ2v) is 11.5. The summed E-state index contributed by atoms with van der Waals surface area (Å²) >= 11 is 0. The molecule has 5 N–H and O–H groups in total. The average Bonchev–Trinajstić information content (AvgIpc) is 3.66. The van der Waals surface area contributed by atoms with Crippen molar-refractivity contribution >= 4 is 32.8 Å². The van der Waals surface area contributed by atoms with Crippen molar-refractivity contribution in [1.29, 1.82) is 0 Å². The molecule has 4 rings (SSSR count). The number of nitrogens with two attached hydrogens (primary N) is 2. The van der Waals surface area contributed by atoms with Gasteiger partial charge in [-0.05, 0) is 37.0 Å². The second-order valence-electron chi connectivity index (χ2n) is 9.71. The lowest BCUT2D eigenvalue weighted by Crippen LogP contribution is -2.47. The third-order valence-electron chi connectivity index (χ3n) is 6.22. The molecular formula is C24H35F2N7O2S. The highest BCUT2D eigenvalue weighted by Crippen LogP contribution is 2.31. The summed E-state index contributed by atoms with van der Waals surface area (Å²) < 4.78 is 56.3. The van der Waals surface area contributed by atoms with Crippen molar-refractivity contribution in [2.24, 2.45) is 17.5 Å². The van der Waals surface area contributed by atoms with Crippen LogP contribution < -0.4 is 26.2 Å². The molecule has 2 heterocycles. The smallest absolute Gasteiger partial charge is 0.233 e. The normalized spacial score (nSPS) is 17.5.